The highest BCUT2D eigenvalue weighted by atomic mass is 16.5. The second-order valence-electron chi connectivity index (χ2n) is 10.5. The summed E-state index contributed by atoms with van der Waals surface area (Å²) in [6, 6.07) is 13.9. The fourth-order valence-electron chi connectivity index (χ4n) is 5.53. The number of carbonyl (C=O) groups excluding carboxylic acids is 1. The molecular formula is C30H35N3O3. The number of carbonyl (C=O) groups is 1. The molecule has 0 N–H and O–H groups in total. The molecule has 3 aromatic rings. The highest BCUT2D eigenvalue weighted by Crippen LogP contribution is 2.35. The first kappa shape index (κ1) is 23.1. The van der Waals surface area contributed by atoms with Crippen LogP contribution >= 0.6 is 0 Å². The lowest BCUT2D eigenvalue weighted by atomic mass is 10.1. The fraction of sp³-hybridized carbons (Fsp3) is 0.467. The Hall–Kier alpha value is -3.28. The first-order valence-electron chi connectivity index (χ1n) is 13.5. The monoisotopic (exact) mass is 485 g/mol. The minimum Gasteiger partial charge on any atom is -0.497 e. The number of hydrogen-bond acceptors (Lipinski definition) is 4. The molecule has 0 bridgehead atoms. The highest BCUT2D eigenvalue weighted by molar-refractivity contribution is 5.94. The van der Waals surface area contributed by atoms with Gasteiger partial charge in [-0.25, -0.2) is 4.98 Å². The van der Waals surface area contributed by atoms with Crippen molar-refractivity contribution in [2.75, 3.05) is 13.7 Å². The van der Waals surface area contributed by atoms with Crippen LogP contribution in [0.3, 0.4) is 0 Å². The van der Waals surface area contributed by atoms with Crippen LogP contribution in [0, 0.1) is 5.92 Å². The lowest BCUT2D eigenvalue weighted by Gasteiger charge is -2.25. The molecule has 0 spiro atoms. The third-order valence-corrected chi connectivity index (χ3v) is 7.75. The molecular weight excluding hydrogens is 450 g/mol. The molecule has 2 fully saturated rings. The summed E-state index contributed by atoms with van der Waals surface area (Å²) in [4.78, 5) is 20.6. The largest absolute Gasteiger partial charge is 0.497 e. The molecule has 0 radical (unpaired) electrons. The Balaban J connectivity index is 1.32. The van der Waals surface area contributed by atoms with Crippen molar-refractivity contribution in [2.24, 2.45) is 5.92 Å². The third-order valence-electron chi connectivity index (χ3n) is 7.75. The van der Waals surface area contributed by atoms with E-state index in [9.17, 15) is 4.79 Å². The van der Waals surface area contributed by atoms with Gasteiger partial charge in [-0.1, -0.05) is 6.07 Å². The van der Waals surface area contributed by atoms with Gasteiger partial charge in [0.2, 0.25) is 0 Å². The number of hydrogen-bond donors (Lipinski definition) is 0. The van der Waals surface area contributed by atoms with E-state index in [1.54, 1.807) is 7.11 Å². The van der Waals surface area contributed by atoms with Gasteiger partial charge in [0.05, 0.1) is 18.9 Å². The number of aromatic nitrogens is 2. The number of aryl methyl sites for hydroxylation is 2. The molecule has 0 atom stereocenters. The Kier molecular flexibility index (Phi) is 6.43. The first-order valence-corrected chi connectivity index (χ1v) is 13.5. The minimum atomic E-state index is 0.0407. The van der Waals surface area contributed by atoms with Crippen molar-refractivity contribution in [2.45, 2.75) is 70.6 Å². The molecule has 2 saturated carbocycles. The number of ether oxygens (including phenoxy) is 2. The van der Waals surface area contributed by atoms with Gasteiger partial charge in [0.15, 0.2) is 0 Å². The fourth-order valence-corrected chi connectivity index (χ4v) is 5.53. The van der Waals surface area contributed by atoms with Crippen molar-refractivity contribution in [3.63, 3.8) is 0 Å². The highest BCUT2D eigenvalue weighted by Gasteiger charge is 2.29. The molecule has 2 heterocycles. The van der Waals surface area contributed by atoms with E-state index < -0.39 is 0 Å². The Morgan fingerprint density at radius 1 is 1.08 bits per heavy atom. The molecule has 1 aromatic heterocycles. The van der Waals surface area contributed by atoms with Crippen LogP contribution in [0.25, 0.3) is 11.3 Å². The Morgan fingerprint density at radius 2 is 1.94 bits per heavy atom. The van der Waals surface area contributed by atoms with E-state index in [2.05, 4.69) is 29.0 Å². The predicted octanol–water partition coefficient (Wildman–Crippen LogP) is 5.88. The number of amides is 1. The number of imidazole rings is 1. The average molecular weight is 486 g/mol. The summed E-state index contributed by atoms with van der Waals surface area (Å²) in [5.74, 6) is 3.39. The van der Waals surface area contributed by atoms with Crippen LogP contribution in [0.2, 0.25) is 0 Å². The second-order valence-corrected chi connectivity index (χ2v) is 10.5. The number of rotatable bonds is 9. The van der Waals surface area contributed by atoms with Crippen molar-refractivity contribution in [3.05, 3.63) is 65.6 Å². The smallest absolute Gasteiger partial charge is 0.254 e. The van der Waals surface area contributed by atoms with E-state index in [4.69, 9.17) is 14.5 Å². The minimum absolute atomic E-state index is 0.0407. The first-order chi connectivity index (χ1) is 17.7. The summed E-state index contributed by atoms with van der Waals surface area (Å²) in [5, 5.41) is 0. The van der Waals surface area contributed by atoms with Gasteiger partial charge in [0.25, 0.3) is 5.91 Å². The molecule has 1 amide bonds. The van der Waals surface area contributed by atoms with Gasteiger partial charge in [-0.3, -0.25) is 4.79 Å². The third kappa shape index (κ3) is 4.99. The van der Waals surface area contributed by atoms with Crippen LogP contribution in [-0.2, 0) is 19.5 Å². The molecule has 36 heavy (non-hydrogen) atoms. The van der Waals surface area contributed by atoms with Gasteiger partial charge in [0.1, 0.15) is 17.3 Å². The normalized spacial score (nSPS) is 17.2. The van der Waals surface area contributed by atoms with Crippen molar-refractivity contribution in [1.29, 1.82) is 0 Å². The van der Waals surface area contributed by atoms with Crippen LogP contribution < -0.4 is 9.47 Å². The van der Waals surface area contributed by atoms with Gasteiger partial charge < -0.3 is 18.9 Å². The average Bonchev–Trinajstić information content (AvgIpc) is 3.24. The number of methoxy groups -OCH3 is 1. The summed E-state index contributed by atoms with van der Waals surface area (Å²) in [6.45, 7) is 2.33. The molecule has 188 valence electrons. The van der Waals surface area contributed by atoms with E-state index in [1.807, 2.05) is 29.2 Å². The Labute approximate surface area is 213 Å². The summed E-state index contributed by atoms with van der Waals surface area (Å²) in [6.07, 6.45) is 11.7. The molecule has 1 aliphatic heterocycles. The van der Waals surface area contributed by atoms with Crippen molar-refractivity contribution in [1.82, 2.24) is 14.5 Å². The summed E-state index contributed by atoms with van der Waals surface area (Å²) < 4.78 is 14.2. The number of nitrogens with zero attached hydrogens (tertiary/aromatic N) is 3. The van der Waals surface area contributed by atoms with E-state index in [0.29, 0.717) is 23.8 Å². The van der Waals surface area contributed by atoms with Crippen molar-refractivity contribution < 1.29 is 14.3 Å². The Bertz CT molecular complexity index is 1220. The lowest BCUT2D eigenvalue weighted by molar-refractivity contribution is 0.0732. The maximum Gasteiger partial charge on any atom is 0.254 e. The molecule has 0 saturated heterocycles. The van der Waals surface area contributed by atoms with Gasteiger partial charge in [-0.15, -0.1) is 0 Å². The molecule has 2 aromatic carbocycles. The van der Waals surface area contributed by atoms with Gasteiger partial charge >= 0.3 is 0 Å². The standard InChI is InChI=1S/C30H35N3O3/c1-35-26-9-4-6-23(17-26)30(34)33(18-21-11-12-21)19-24-16-22(27-20-32-15-5-10-29(32)31-27)13-14-28(24)36-25-7-2-3-8-25/h4,6,9,13-14,16-17,20-21,25H,2-3,5,7-8,10-12,15,18-19H2,1H3. The van der Waals surface area contributed by atoms with Crippen LogP contribution in [0.1, 0.15) is 66.7 Å². The maximum atomic E-state index is 13.7. The molecule has 0 unspecified atom stereocenters. The molecule has 6 heteroatoms. The van der Waals surface area contributed by atoms with Crippen molar-refractivity contribution >= 4 is 5.91 Å². The van der Waals surface area contributed by atoms with Crippen LogP contribution in [-0.4, -0.2) is 40.1 Å². The van der Waals surface area contributed by atoms with E-state index in [-0.39, 0.29) is 12.0 Å². The lowest BCUT2D eigenvalue weighted by Crippen LogP contribution is -2.32. The van der Waals surface area contributed by atoms with Gasteiger partial charge in [-0.05, 0) is 87.3 Å². The zero-order valence-corrected chi connectivity index (χ0v) is 21.1. The van der Waals surface area contributed by atoms with E-state index in [1.165, 1.54) is 37.9 Å². The Morgan fingerprint density at radius 3 is 2.72 bits per heavy atom. The summed E-state index contributed by atoms with van der Waals surface area (Å²) in [5.41, 5.74) is 3.82. The zero-order valence-electron chi connectivity index (χ0n) is 21.1. The molecule has 6 rings (SSSR count). The van der Waals surface area contributed by atoms with Crippen molar-refractivity contribution in [3.8, 4) is 22.8 Å². The quantitative estimate of drug-likeness (QED) is 0.380. The van der Waals surface area contributed by atoms with Gasteiger partial charge in [-0.2, -0.15) is 0 Å². The maximum absolute atomic E-state index is 13.7. The topological polar surface area (TPSA) is 56.6 Å². The second kappa shape index (κ2) is 10.00. The summed E-state index contributed by atoms with van der Waals surface area (Å²) in [7, 11) is 1.63. The molecule has 6 nitrogen and oxygen atoms in total. The zero-order chi connectivity index (χ0) is 24.5. The SMILES string of the molecule is COc1cccc(C(=O)N(Cc2cc(-c3cn4c(n3)CCC4)ccc2OC2CCCC2)CC2CC2)c1. The number of benzene rings is 2. The van der Waals surface area contributed by atoms with E-state index >= 15 is 0 Å². The van der Waals surface area contributed by atoms with E-state index in [0.717, 1.165) is 54.9 Å². The van der Waals surface area contributed by atoms with Crippen LogP contribution in [0.15, 0.2) is 48.7 Å². The van der Waals surface area contributed by atoms with Crippen LogP contribution in [0.5, 0.6) is 11.5 Å². The van der Waals surface area contributed by atoms with Crippen LogP contribution in [0.4, 0.5) is 0 Å². The molecule has 3 aliphatic rings. The van der Waals surface area contributed by atoms with Gasteiger partial charge in [0, 0.05) is 48.9 Å². The summed E-state index contributed by atoms with van der Waals surface area (Å²) >= 11 is 0. The number of fused-ring (bicyclic) bond motifs is 1. The predicted molar refractivity (Wildman–Crippen MR) is 139 cm³/mol. The molecule has 2 aliphatic carbocycles.